The number of carbonyl (C=O) groups is 3. The van der Waals surface area contributed by atoms with Gasteiger partial charge in [-0.25, -0.2) is 4.99 Å². The molecule has 1 aliphatic rings. The molecule has 178 valence electrons. The number of hydrogen-bond donors (Lipinski definition) is 5. The van der Waals surface area contributed by atoms with Gasteiger partial charge in [0.2, 0.25) is 5.91 Å². The van der Waals surface area contributed by atoms with E-state index in [4.69, 9.17) is 11.5 Å². The number of guanidine groups is 1. The normalized spacial score (nSPS) is 12.1. The lowest BCUT2D eigenvalue weighted by atomic mass is 9.97. The van der Waals surface area contributed by atoms with Crippen molar-refractivity contribution in [2.24, 2.45) is 16.5 Å². The summed E-state index contributed by atoms with van der Waals surface area (Å²) in [5.74, 6) is -2.17. The van der Waals surface area contributed by atoms with E-state index in [2.05, 4.69) is 27.8 Å². The van der Waals surface area contributed by atoms with Crippen molar-refractivity contribution in [1.29, 1.82) is 0 Å². The van der Waals surface area contributed by atoms with Gasteiger partial charge >= 0.3 is 5.97 Å². The number of carboxylic acids is 1. The minimum atomic E-state index is -1.04. The van der Waals surface area contributed by atoms with Crippen molar-refractivity contribution in [3.8, 4) is 11.1 Å². The second-order valence-electron chi connectivity index (χ2n) is 8.24. The van der Waals surface area contributed by atoms with E-state index >= 15 is 0 Å². The van der Waals surface area contributed by atoms with Crippen LogP contribution in [0.1, 0.15) is 39.5 Å². The van der Waals surface area contributed by atoms with Crippen LogP contribution in [0.3, 0.4) is 0 Å². The van der Waals surface area contributed by atoms with Crippen molar-refractivity contribution >= 4 is 29.4 Å². The number of aliphatic carboxylic acids is 1. The molecule has 3 aromatic carbocycles. The zero-order valence-electron chi connectivity index (χ0n) is 18.8. The van der Waals surface area contributed by atoms with Gasteiger partial charge in [-0.15, -0.1) is 0 Å². The van der Waals surface area contributed by atoms with Gasteiger partial charge in [0.1, 0.15) is 0 Å². The monoisotopic (exact) mass is 471 g/mol. The number of benzene rings is 3. The van der Waals surface area contributed by atoms with Gasteiger partial charge < -0.3 is 27.2 Å². The number of amides is 2. The maximum atomic E-state index is 12.6. The number of nitrogens with zero attached hydrogens (tertiary/aromatic N) is 1. The first kappa shape index (κ1) is 23.5. The molecule has 0 aromatic heterocycles. The average Bonchev–Trinajstić information content (AvgIpc) is 3.19. The van der Waals surface area contributed by atoms with Crippen molar-refractivity contribution in [3.05, 3.63) is 89.0 Å². The molecule has 0 spiro atoms. The molecule has 0 saturated heterocycles. The van der Waals surface area contributed by atoms with Crippen molar-refractivity contribution in [2.75, 3.05) is 6.54 Å². The van der Waals surface area contributed by atoms with Crippen molar-refractivity contribution in [2.45, 2.75) is 18.9 Å². The molecule has 0 radical (unpaired) electrons. The maximum absolute atomic E-state index is 12.6. The van der Waals surface area contributed by atoms with E-state index in [0.29, 0.717) is 11.3 Å². The Morgan fingerprint density at radius 1 is 0.943 bits per heavy atom. The number of rotatable bonds is 8. The van der Waals surface area contributed by atoms with Crippen LogP contribution in [-0.4, -0.2) is 35.4 Å². The molecule has 1 unspecified atom stereocenters. The van der Waals surface area contributed by atoms with Crippen LogP contribution in [0.2, 0.25) is 0 Å². The highest BCUT2D eigenvalue weighted by Crippen LogP contribution is 2.37. The standard InChI is InChI=1S/C26H25N5O4/c27-26(28)30-19-6-3-5-17(12-19)25(35)29-14-23(32)31-22(13-24(33)34)16-8-9-21-18(11-16)10-15-4-1-2-7-20(15)21/h1-9,11-12,22H,10,13-14H2,(H,29,35)(H,31,32)(H,33,34)(H4,27,28,30). The van der Waals surface area contributed by atoms with E-state index in [1.165, 1.54) is 17.2 Å². The van der Waals surface area contributed by atoms with Crippen molar-refractivity contribution in [3.63, 3.8) is 0 Å². The summed E-state index contributed by atoms with van der Waals surface area (Å²) in [6.07, 6.45) is 0.466. The molecule has 0 saturated carbocycles. The Morgan fingerprint density at radius 3 is 2.49 bits per heavy atom. The van der Waals surface area contributed by atoms with Crippen LogP contribution in [0.5, 0.6) is 0 Å². The van der Waals surface area contributed by atoms with E-state index in [-0.39, 0.29) is 24.5 Å². The lowest BCUT2D eigenvalue weighted by Gasteiger charge is -2.19. The third-order valence-electron chi connectivity index (χ3n) is 5.71. The second-order valence-corrected chi connectivity index (χ2v) is 8.24. The van der Waals surface area contributed by atoms with Crippen LogP contribution in [0.4, 0.5) is 5.69 Å². The van der Waals surface area contributed by atoms with E-state index in [0.717, 1.165) is 17.5 Å². The summed E-state index contributed by atoms with van der Waals surface area (Å²) < 4.78 is 0. The lowest BCUT2D eigenvalue weighted by molar-refractivity contribution is -0.137. The van der Waals surface area contributed by atoms with Crippen LogP contribution in [0.25, 0.3) is 11.1 Å². The minimum absolute atomic E-state index is 0.137. The Bertz CT molecular complexity index is 1330. The van der Waals surface area contributed by atoms with Crippen LogP contribution in [0, 0.1) is 0 Å². The zero-order valence-corrected chi connectivity index (χ0v) is 18.8. The van der Waals surface area contributed by atoms with Gasteiger partial charge in [-0.2, -0.15) is 0 Å². The molecular weight excluding hydrogens is 446 g/mol. The molecule has 0 fully saturated rings. The summed E-state index contributed by atoms with van der Waals surface area (Å²) >= 11 is 0. The average molecular weight is 472 g/mol. The van der Waals surface area contributed by atoms with Gasteiger partial charge in [-0.3, -0.25) is 14.4 Å². The highest BCUT2D eigenvalue weighted by Gasteiger charge is 2.23. The van der Waals surface area contributed by atoms with Gasteiger partial charge in [0.25, 0.3) is 5.91 Å². The lowest BCUT2D eigenvalue weighted by Crippen LogP contribution is -2.39. The SMILES string of the molecule is NC(N)=Nc1cccc(C(=O)NCC(=O)NC(CC(=O)O)c2ccc3c(c2)Cc2ccccc2-3)c1. The third kappa shape index (κ3) is 5.64. The van der Waals surface area contributed by atoms with E-state index in [1.54, 1.807) is 18.2 Å². The van der Waals surface area contributed by atoms with Crippen LogP contribution in [-0.2, 0) is 16.0 Å². The summed E-state index contributed by atoms with van der Waals surface area (Å²) in [4.78, 5) is 40.4. The molecule has 0 bridgehead atoms. The Balaban J connectivity index is 1.43. The fourth-order valence-electron chi connectivity index (χ4n) is 4.18. The third-order valence-corrected chi connectivity index (χ3v) is 5.71. The predicted octanol–water partition coefficient (Wildman–Crippen LogP) is 2.22. The number of carbonyl (C=O) groups excluding carboxylic acids is 2. The molecule has 0 heterocycles. The largest absolute Gasteiger partial charge is 0.481 e. The zero-order chi connectivity index (χ0) is 24.9. The summed E-state index contributed by atoms with van der Waals surface area (Å²) in [6.45, 7) is -0.322. The highest BCUT2D eigenvalue weighted by molar-refractivity contribution is 5.97. The Labute approximate surface area is 201 Å². The smallest absolute Gasteiger partial charge is 0.305 e. The topological polar surface area (TPSA) is 160 Å². The molecule has 9 heteroatoms. The Morgan fingerprint density at radius 2 is 1.71 bits per heavy atom. The highest BCUT2D eigenvalue weighted by atomic mass is 16.4. The van der Waals surface area contributed by atoms with Gasteiger partial charge in [-0.05, 0) is 52.4 Å². The molecule has 2 amide bonds. The number of carboxylic acid groups (broad SMARTS) is 1. The molecule has 3 aromatic rings. The number of aliphatic imine (C=N–C) groups is 1. The molecule has 0 aliphatic heterocycles. The van der Waals surface area contributed by atoms with Crippen LogP contribution in [0.15, 0.2) is 71.7 Å². The van der Waals surface area contributed by atoms with Crippen LogP contribution >= 0.6 is 0 Å². The van der Waals surface area contributed by atoms with Gasteiger partial charge in [0.05, 0.1) is 24.7 Å². The first-order valence-electron chi connectivity index (χ1n) is 11.0. The molecule has 1 atom stereocenters. The molecule has 35 heavy (non-hydrogen) atoms. The summed E-state index contributed by atoms with van der Waals surface area (Å²) in [7, 11) is 0. The summed E-state index contributed by atoms with van der Waals surface area (Å²) in [6, 6.07) is 19.4. The fraction of sp³-hybridized carbons (Fsp3) is 0.154. The number of fused-ring (bicyclic) bond motifs is 3. The number of nitrogens with two attached hydrogens (primary N) is 2. The molecule has 9 nitrogen and oxygen atoms in total. The summed E-state index contributed by atoms with van der Waals surface area (Å²) in [5, 5.41) is 14.7. The van der Waals surface area contributed by atoms with Gasteiger partial charge in [0, 0.05) is 5.56 Å². The van der Waals surface area contributed by atoms with Crippen molar-refractivity contribution in [1.82, 2.24) is 10.6 Å². The predicted molar refractivity (Wildman–Crippen MR) is 132 cm³/mol. The van der Waals surface area contributed by atoms with E-state index < -0.39 is 23.8 Å². The Hall–Kier alpha value is -4.66. The van der Waals surface area contributed by atoms with Gasteiger partial charge in [0.15, 0.2) is 5.96 Å². The van der Waals surface area contributed by atoms with Crippen molar-refractivity contribution < 1.29 is 19.5 Å². The number of hydrogen-bond acceptors (Lipinski definition) is 4. The molecule has 4 rings (SSSR count). The summed E-state index contributed by atoms with van der Waals surface area (Å²) in [5.41, 5.74) is 16.7. The minimum Gasteiger partial charge on any atom is -0.481 e. The quantitative estimate of drug-likeness (QED) is 0.196. The second kappa shape index (κ2) is 10.1. The first-order chi connectivity index (χ1) is 16.8. The number of nitrogens with one attached hydrogen (secondary N) is 2. The molecule has 1 aliphatic carbocycles. The maximum Gasteiger partial charge on any atom is 0.305 e. The molecular formula is C26H25N5O4. The van der Waals surface area contributed by atoms with E-state index in [1.807, 2.05) is 30.3 Å². The fourth-order valence-corrected chi connectivity index (χ4v) is 4.18. The Kier molecular flexibility index (Phi) is 6.77. The first-order valence-corrected chi connectivity index (χ1v) is 11.0. The van der Waals surface area contributed by atoms with Gasteiger partial charge in [-0.1, -0.05) is 48.5 Å². The molecule has 7 N–H and O–H groups in total. The van der Waals surface area contributed by atoms with Crippen LogP contribution < -0.4 is 22.1 Å². The van der Waals surface area contributed by atoms with E-state index in [9.17, 15) is 19.5 Å².